The third-order valence-corrected chi connectivity index (χ3v) is 7.14. The van der Waals surface area contributed by atoms with Crippen LogP contribution >= 0.6 is 0 Å². The first-order chi connectivity index (χ1) is 12.4. The summed E-state index contributed by atoms with van der Waals surface area (Å²) < 4.78 is 27.5. The summed E-state index contributed by atoms with van der Waals surface area (Å²) in [6.45, 7) is 4.33. The van der Waals surface area contributed by atoms with E-state index >= 15 is 0 Å². The van der Waals surface area contributed by atoms with Crippen molar-refractivity contribution in [3.05, 3.63) is 30.3 Å². The van der Waals surface area contributed by atoms with Crippen LogP contribution in [-0.4, -0.2) is 25.2 Å². The van der Waals surface area contributed by atoms with E-state index in [0.717, 1.165) is 38.5 Å². The van der Waals surface area contributed by atoms with Crippen molar-refractivity contribution < 1.29 is 13.2 Å². The molecule has 1 aromatic carbocycles. The molecule has 1 atom stereocenters. The van der Waals surface area contributed by atoms with Gasteiger partial charge in [0.1, 0.15) is 0 Å². The molecule has 0 saturated carbocycles. The zero-order valence-corrected chi connectivity index (χ0v) is 17.0. The van der Waals surface area contributed by atoms with Crippen molar-refractivity contribution in [3.8, 4) is 0 Å². The number of amides is 1. The van der Waals surface area contributed by atoms with Gasteiger partial charge in [0.15, 0.2) is 0 Å². The molecule has 1 aliphatic rings. The highest BCUT2D eigenvalue weighted by atomic mass is 32.2. The first-order valence-electron chi connectivity index (χ1n) is 10.1. The van der Waals surface area contributed by atoms with Gasteiger partial charge in [-0.15, -0.1) is 0 Å². The lowest BCUT2D eigenvalue weighted by Crippen LogP contribution is -2.42. The van der Waals surface area contributed by atoms with Gasteiger partial charge < -0.3 is 0 Å². The lowest BCUT2D eigenvalue weighted by atomic mass is 9.89. The van der Waals surface area contributed by atoms with Crippen LogP contribution in [0.2, 0.25) is 0 Å². The summed E-state index contributed by atoms with van der Waals surface area (Å²) in [5.74, 6) is -0.307. The summed E-state index contributed by atoms with van der Waals surface area (Å²) in [6.07, 6.45) is 9.38. The lowest BCUT2D eigenvalue weighted by Gasteiger charge is -2.29. The maximum atomic E-state index is 13.3. The van der Waals surface area contributed by atoms with E-state index in [1.165, 1.54) is 23.6 Å². The Labute approximate surface area is 159 Å². The van der Waals surface area contributed by atoms with Gasteiger partial charge in [-0.3, -0.25) is 4.79 Å². The molecule has 0 radical (unpaired) electrons. The molecule has 1 amide bonds. The Balaban J connectivity index is 2.31. The first kappa shape index (κ1) is 20.9. The summed E-state index contributed by atoms with van der Waals surface area (Å²) in [5.41, 5.74) is 0. The molecule has 1 unspecified atom stereocenters. The molecule has 1 fully saturated rings. The quantitative estimate of drug-likeness (QED) is 0.742. The number of carbonyl (C=O) groups excluding carboxylic acids is 1. The largest absolute Gasteiger partial charge is 0.273 e. The second-order valence-electron chi connectivity index (χ2n) is 7.70. The van der Waals surface area contributed by atoms with Crippen LogP contribution in [0.25, 0.3) is 0 Å². The van der Waals surface area contributed by atoms with Gasteiger partial charge in [-0.25, -0.2) is 12.7 Å². The number of carbonyl (C=O) groups is 1. The minimum Gasteiger partial charge on any atom is -0.273 e. The van der Waals surface area contributed by atoms with Gasteiger partial charge in [-0.1, -0.05) is 77.0 Å². The molecule has 1 saturated heterocycles. The summed E-state index contributed by atoms with van der Waals surface area (Å²) in [5, 5.41) is 0. The van der Waals surface area contributed by atoms with E-state index in [2.05, 4.69) is 0 Å². The van der Waals surface area contributed by atoms with Crippen molar-refractivity contribution in [1.82, 2.24) is 4.31 Å². The standard InChI is InChI=1S/C21H33NO3S/c1-18(2)20-16-12-7-5-3-4-6-8-13-17-22(21(20)23)26(24,25)19-14-10-9-11-15-19/h9-11,14-15,18,20H,3-8,12-13,16-17H2,1-2H3. The molecular weight excluding hydrogens is 346 g/mol. The Kier molecular flexibility index (Phi) is 8.14. The van der Waals surface area contributed by atoms with Crippen LogP contribution < -0.4 is 0 Å². The smallest absolute Gasteiger partial charge is 0.266 e. The maximum absolute atomic E-state index is 13.3. The molecule has 5 heteroatoms. The number of nitrogens with zero attached hydrogens (tertiary/aromatic N) is 1. The second-order valence-corrected chi connectivity index (χ2v) is 9.56. The minimum atomic E-state index is -3.79. The highest BCUT2D eigenvalue weighted by molar-refractivity contribution is 7.89. The van der Waals surface area contributed by atoms with Crippen molar-refractivity contribution in [2.45, 2.75) is 76.5 Å². The van der Waals surface area contributed by atoms with Crippen molar-refractivity contribution in [2.75, 3.05) is 6.54 Å². The SMILES string of the molecule is CC(C)C1CCCCCCCCCCN(S(=O)(=O)c2ccccc2)C1=O. The number of hydrogen-bond acceptors (Lipinski definition) is 3. The van der Waals surface area contributed by atoms with Crippen LogP contribution in [0.5, 0.6) is 0 Å². The molecule has 0 N–H and O–H groups in total. The van der Waals surface area contributed by atoms with Gasteiger partial charge >= 0.3 is 0 Å². The molecular formula is C21H33NO3S. The predicted octanol–water partition coefficient (Wildman–Crippen LogP) is 5.00. The Morgan fingerprint density at radius 3 is 2.00 bits per heavy atom. The van der Waals surface area contributed by atoms with E-state index < -0.39 is 10.0 Å². The number of sulfonamides is 1. The van der Waals surface area contributed by atoms with Gasteiger partial charge in [-0.2, -0.15) is 0 Å². The summed E-state index contributed by atoms with van der Waals surface area (Å²) in [7, 11) is -3.79. The van der Waals surface area contributed by atoms with Gasteiger partial charge in [0, 0.05) is 12.5 Å². The normalized spacial score (nSPS) is 21.7. The average Bonchev–Trinajstić information content (AvgIpc) is 2.63. The molecule has 1 aliphatic heterocycles. The topological polar surface area (TPSA) is 54.5 Å². The molecule has 0 spiro atoms. The van der Waals surface area contributed by atoms with Crippen LogP contribution in [0, 0.1) is 11.8 Å². The second kappa shape index (κ2) is 10.1. The molecule has 1 heterocycles. The summed E-state index contributed by atoms with van der Waals surface area (Å²) >= 11 is 0. The van der Waals surface area contributed by atoms with E-state index in [1.807, 2.05) is 13.8 Å². The molecule has 26 heavy (non-hydrogen) atoms. The van der Waals surface area contributed by atoms with Crippen molar-refractivity contribution in [1.29, 1.82) is 0 Å². The zero-order valence-electron chi connectivity index (χ0n) is 16.2. The highest BCUT2D eigenvalue weighted by Gasteiger charge is 2.34. The predicted molar refractivity (Wildman–Crippen MR) is 105 cm³/mol. The van der Waals surface area contributed by atoms with Gasteiger partial charge in [0.05, 0.1) is 4.90 Å². The fourth-order valence-electron chi connectivity index (χ4n) is 3.68. The van der Waals surface area contributed by atoms with Crippen LogP contribution in [-0.2, 0) is 14.8 Å². The average molecular weight is 380 g/mol. The Hall–Kier alpha value is -1.36. The molecule has 4 nitrogen and oxygen atoms in total. The third kappa shape index (κ3) is 5.57. The van der Waals surface area contributed by atoms with Crippen molar-refractivity contribution in [3.63, 3.8) is 0 Å². The van der Waals surface area contributed by atoms with Crippen LogP contribution in [0.3, 0.4) is 0 Å². The highest BCUT2D eigenvalue weighted by Crippen LogP contribution is 2.27. The third-order valence-electron chi connectivity index (χ3n) is 5.33. The summed E-state index contributed by atoms with van der Waals surface area (Å²) in [4.78, 5) is 13.5. The van der Waals surface area contributed by atoms with Crippen molar-refractivity contribution >= 4 is 15.9 Å². The monoisotopic (exact) mass is 379 g/mol. The van der Waals surface area contributed by atoms with Crippen LogP contribution in [0.4, 0.5) is 0 Å². The molecule has 0 aliphatic carbocycles. The van der Waals surface area contributed by atoms with Gasteiger partial charge in [-0.05, 0) is 30.9 Å². The van der Waals surface area contributed by atoms with E-state index in [1.54, 1.807) is 30.3 Å². The van der Waals surface area contributed by atoms with E-state index in [9.17, 15) is 13.2 Å². The molecule has 2 rings (SSSR count). The number of hydrogen-bond donors (Lipinski definition) is 0. The van der Waals surface area contributed by atoms with Crippen molar-refractivity contribution in [2.24, 2.45) is 11.8 Å². The minimum absolute atomic E-state index is 0.140. The van der Waals surface area contributed by atoms with E-state index in [-0.39, 0.29) is 22.6 Å². The Bertz CT molecular complexity index is 655. The Morgan fingerprint density at radius 1 is 0.885 bits per heavy atom. The van der Waals surface area contributed by atoms with Crippen LogP contribution in [0.15, 0.2) is 35.2 Å². The Morgan fingerprint density at radius 2 is 1.42 bits per heavy atom. The molecule has 0 aromatic heterocycles. The molecule has 0 bridgehead atoms. The van der Waals surface area contributed by atoms with E-state index in [4.69, 9.17) is 0 Å². The fourth-order valence-corrected chi connectivity index (χ4v) is 5.17. The first-order valence-corrected chi connectivity index (χ1v) is 11.5. The van der Waals surface area contributed by atoms with Gasteiger partial charge in [0.25, 0.3) is 10.0 Å². The maximum Gasteiger partial charge on any atom is 0.266 e. The molecule has 146 valence electrons. The summed E-state index contributed by atoms with van der Waals surface area (Å²) in [6, 6.07) is 8.36. The fraction of sp³-hybridized carbons (Fsp3) is 0.667. The van der Waals surface area contributed by atoms with Gasteiger partial charge in [0.2, 0.25) is 5.91 Å². The number of benzene rings is 1. The zero-order chi connectivity index (χ0) is 19.0. The van der Waals surface area contributed by atoms with Crippen LogP contribution in [0.1, 0.15) is 71.6 Å². The van der Waals surface area contributed by atoms with E-state index in [0.29, 0.717) is 6.54 Å². The lowest BCUT2D eigenvalue weighted by molar-refractivity contribution is -0.132. The molecule has 1 aromatic rings. The number of rotatable bonds is 3.